The number of hydrogen-bond acceptors (Lipinski definition) is 6. The van der Waals surface area contributed by atoms with Gasteiger partial charge in [-0.3, -0.25) is 10.6 Å². The Bertz CT molecular complexity index is 172. The normalized spacial score (nSPS) is 12.2. The molecule has 0 saturated heterocycles. The van der Waals surface area contributed by atoms with Crippen LogP contribution >= 0.6 is 0 Å². The lowest BCUT2D eigenvalue weighted by Gasteiger charge is -2.10. The topological polar surface area (TPSA) is 133 Å². The molecule has 0 unspecified atom stereocenters. The average Bonchev–Trinajstić information content (AvgIpc) is 2.04. The molecule has 0 radical (unpaired) electrons. The van der Waals surface area contributed by atoms with Gasteiger partial charge in [-0.05, 0) is 6.42 Å². The highest BCUT2D eigenvalue weighted by Gasteiger charge is 2.17. The standard InChI is InChI=1S/C5H12N4O3/c6-4(10)2-1-3(9-7)5(11)12-8/h3,9H,1-2,7-8H2,(H2,6,10)/t3-/m0/s1. The van der Waals surface area contributed by atoms with Crippen molar-refractivity contribution in [2.24, 2.45) is 17.5 Å². The fourth-order valence-corrected chi connectivity index (χ4v) is 0.638. The zero-order valence-corrected chi connectivity index (χ0v) is 6.45. The van der Waals surface area contributed by atoms with E-state index >= 15 is 0 Å². The number of nitrogens with one attached hydrogen (secondary N) is 1. The molecule has 0 heterocycles. The van der Waals surface area contributed by atoms with E-state index in [0.29, 0.717) is 0 Å². The molecule has 70 valence electrons. The van der Waals surface area contributed by atoms with Crippen LogP contribution < -0.4 is 22.9 Å². The molecule has 1 amide bonds. The van der Waals surface area contributed by atoms with Crippen molar-refractivity contribution in [2.45, 2.75) is 18.9 Å². The Morgan fingerprint density at radius 2 is 2.08 bits per heavy atom. The molecule has 0 bridgehead atoms. The highest BCUT2D eigenvalue weighted by atomic mass is 16.7. The molecular weight excluding hydrogens is 164 g/mol. The summed E-state index contributed by atoms with van der Waals surface area (Å²) in [6.07, 6.45) is 0.214. The second-order valence-electron chi connectivity index (χ2n) is 2.16. The SMILES string of the molecule is NN[C@@H](CCC(N)=O)C(=O)ON. The lowest BCUT2D eigenvalue weighted by atomic mass is 10.1. The Balaban J connectivity index is 3.83. The van der Waals surface area contributed by atoms with Crippen molar-refractivity contribution in [1.29, 1.82) is 0 Å². The van der Waals surface area contributed by atoms with E-state index in [2.05, 4.69) is 16.2 Å². The molecule has 0 saturated carbocycles. The van der Waals surface area contributed by atoms with Crippen LogP contribution in [0.4, 0.5) is 0 Å². The summed E-state index contributed by atoms with van der Waals surface area (Å²) in [6.45, 7) is 0. The van der Waals surface area contributed by atoms with E-state index in [1.165, 1.54) is 0 Å². The Hall–Kier alpha value is -1.18. The Kier molecular flexibility index (Phi) is 4.93. The van der Waals surface area contributed by atoms with Crippen LogP contribution in [-0.4, -0.2) is 17.9 Å². The third-order valence-electron chi connectivity index (χ3n) is 1.28. The summed E-state index contributed by atoms with van der Waals surface area (Å²) in [6, 6.07) is -0.789. The maximum atomic E-state index is 10.7. The molecule has 7 nitrogen and oxygen atoms in total. The number of carbonyl (C=O) groups excluding carboxylic acids is 2. The third-order valence-corrected chi connectivity index (χ3v) is 1.28. The van der Waals surface area contributed by atoms with E-state index in [9.17, 15) is 9.59 Å². The van der Waals surface area contributed by atoms with Crippen molar-refractivity contribution in [1.82, 2.24) is 5.43 Å². The number of carbonyl (C=O) groups is 2. The minimum absolute atomic E-state index is 0.0456. The van der Waals surface area contributed by atoms with Crippen molar-refractivity contribution < 1.29 is 14.4 Å². The van der Waals surface area contributed by atoms with Crippen LogP contribution in [0.15, 0.2) is 0 Å². The van der Waals surface area contributed by atoms with Crippen molar-refractivity contribution >= 4 is 11.9 Å². The second-order valence-corrected chi connectivity index (χ2v) is 2.16. The van der Waals surface area contributed by atoms with Gasteiger partial charge in [0.25, 0.3) is 0 Å². The lowest BCUT2D eigenvalue weighted by Crippen LogP contribution is -2.43. The lowest BCUT2D eigenvalue weighted by molar-refractivity contribution is -0.147. The molecule has 0 aliphatic rings. The van der Waals surface area contributed by atoms with Gasteiger partial charge in [0.05, 0.1) is 0 Å². The molecule has 7 N–H and O–H groups in total. The minimum atomic E-state index is -0.789. The van der Waals surface area contributed by atoms with Crippen molar-refractivity contribution in [3.05, 3.63) is 0 Å². The van der Waals surface area contributed by atoms with E-state index in [0.717, 1.165) is 0 Å². The van der Waals surface area contributed by atoms with Crippen LogP contribution in [0.25, 0.3) is 0 Å². The van der Waals surface area contributed by atoms with E-state index in [4.69, 9.17) is 11.6 Å². The van der Waals surface area contributed by atoms with Gasteiger partial charge in [0.1, 0.15) is 6.04 Å². The molecule has 0 spiro atoms. The van der Waals surface area contributed by atoms with Crippen molar-refractivity contribution in [2.75, 3.05) is 0 Å². The number of primary amides is 1. The van der Waals surface area contributed by atoms with Crippen LogP contribution in [-0.2, 0) is 14.4 Å². The molecule has 7 heteroatoms. The van der Waals surface area contributed by atoms with Gasteiger partial charge in [0, 0.05) is 6.42 Å². The number of rotatable bonds is 5. The summed E-state index contributed by atoms with van der Waals surface area (Å²) in [7, 11) is 0. The fraction of sp³-hybridized carbons (Fsp3) is 0.600. The Labute approximate surface area is 69.1 Å². The first-order valence-electron chi connectivity index (χ1n) is 3.26. The number of hydrogen-bond donors (Lipinski definition) is 4. The summed E-state index contributed by atoms with van der Waals surface area (Å²) in [5.74, 6) is 8.33. The number of amides is 1. The molecule has 0 aliphatic carbocycles. The van der Waals surface area contributed by atoms with Gasteiger partial charge in [-0.25, -0.2) is 10.2 Å². The largest absolute Gasteiger partial charge is 0.372 e. The van der Waals surface area contributed by atoms with Gasteiger partial charge >= 0.3 is 5.97 Å². The molecule has 1 atom stereocenters. The van der Waals surface area contributed by atoms with E-state index in [1.54, 1.807) is 0 Å². The van der Waals surface area contributed by atoms with Crippen LogP contribution in [0.3, 0.4) is 0 Å². The van der Waals surface area contributed by atoms with Gasteiger partial charge in [0.15, 0.2) is 0 Å². The van der Waals surface area contributed by atoms with Gasteiger partial charge in [-0.2, -0.15) is 5.90 Å². The first-order valence-corrected chi connectivity index (χ1v) is 3.26. The zero-order valence-electron chi connectivity index (χ0n) is 6.45. The minimum Gasteiger partial charge on any atom is -0.372 e. The Morgan fingerprint density at radius 1 is 1.50 bits per heavy atom. The van der Waals surface area contributed by atoms with E-state index < -0.39 is 17.9 Å². The maximum Gasteiger partial charge on any atom is 0.342 e. The molecule has 0 aromatic heterocycles. The summed E-state index contributed by atoms with van der Waals surface area (Å²) in [5, 5.41) is 0. The molecular formula is C5H12N4O3. The van der Waals surface area contributed by atoms with Crippen molar-refractivity contribution in [3.63, 3.8) is 0 Å². The van der Waals surface area contributed by atoms with Crippen LogP contribution in [0.2, 0.25) is 0 Å². The monoisotopic (exact) mass is 176 g/mol. The first-order chi connectivity index (χ1) is 5.61. The predicted molar refractivity (Wildman–Crippen MR) is 39.8 cm³/mol. The second kappa shape index (κ2) is 5.47. The van der Waals surface area contributed by atoms with Crippen LogP contribution in [0.5, 0.6) is 0 Å². The molecule has 0 aromatic carbocycles. The predicted octanol–water partition coefficient (Wildman–Crippen LogP) is -2.50. The maximum absolute atomic E-state index is 10.7. The number of hydrazine groups is 1. The summed E-state index contributed by atoms with van der Waals surface area (Å²) in [4.78, 5) is 24.9. The van der Waals surface area contributed by atoms with Crippen LogP contribution in [0.1, 0.15) is 12.8 Å². The summed E-state index contributed by atoms with van der Waals surface area (Å²) < 4.78 is 0. The highest BCUT2D eigenvalue weighted by Crippen LogP contribution is 1.96. The van der Waals surface area contributed by atoms with Gasteiger partial charge in [0.2, 0.25) is 5.91 Å². The average molecular weight is 176 g/mol. The molecule has 0 aliphatic heterocycles. The van der Waals surface area contributed by atoms with E-state index in [-0.39, 0.29) is 12.8 Å². The van der Waals surface area contributed by atoms with Gasteiger partial charge in [-0.15, -0.1) is 0 Å². The molecule has 0 aromatic rings. The van der Waals surface area contributed by atoms with Crippen molar-refractivity contribution in [3.8, 4) is 0 Å². The van der Waals surface area contributed by atoms with Crippen LogP contribution in [0, 0.1) is 0 Å². The number of nitrogens with two attached hydrogens (primary N) is 3. The molecule has 0 rings (SSSR count). The molecule has 0 fully saturated rings. The third kappa shape index (κ3) is 3.86. The van der Waals surface area contributed by atoms with E-state index in [1.807, 2.05) is 0 Å². The summed E-state index contributed by atoms with van der Waals surface area (Å²) in [5.41, 5.74) is 6.99. The quantitative estimate of drug-likeness (QED) is 0.270. The van der Waals surface area contributed by atoms with Gasteiger partial charge < -0.3 is 10.6 Å². The Morgan fingerprint density at radius 3 is 2.42 bits per heavy atom. The smallest absolute Gasteiger partial charge is 0.342 e. The summed E-state index contributed by atoms with van der Waals surface area (Å²) >= 11 is 0. The van der Waals surface area contributed by atoms with Gasteiger partial charge in [-0.1, -0.05) is 0 Å². The highest BCUT2D eigenvalue weighted by molar-refractivity contribution is 5.78. The first kappa shape index (κ1) is 10.8. The molecule has 12 heavy (non-hydrogen) atoms. The fourth-order valence-electron chi connectivity index (χ4n) is 0.638. The zero-order chi connectivity index (χ0) is 9.56.